The van der Waals surface area contributed by atoms with Gasteiger partial charge >= 0.3 is 0 Å². The van der Waals surface area contributed by atoms with Crippen molar-refractivity contribution in [1.82, 2.24) is 19.9 Å². The Morgan fingerprint density at radius 2 is 0.818 bits per heavy atom. The van der Waals surface area contributed by atoms with Gasteiger partial charge in [-0.25, -0.2) is 19.9 Å². The zero-order chi connectivity index (χ0) is 15.1. The molecule has 0 N–H and O–H groups in total. The van der Waals surface area contributed by atoms with Gasteiger partial charge in [-0.05, 0) is 24.3 Å². The van der Waals surface area contributed by atoms with Crippen LogP contribution in [0.4, 0.5) is 0 Å². The predicted molar refractivity (Wildman–Crippen MR) is 88.1 cm³/mol. The van der Waals surface area contributed by atoms with Crippen molar-refractivity contribution in [1.29, 1.82) is 0 Å². The predicted octanol–water partition coefficient (Wildman–Crippen LogP) is 4.55. The lowest BCUT2D eigenvalue weighted by atomic mass is 10.2. The molecule has 2 aromatic carbocycles. The van der Waals surface area contributed by atoms with Crippen molar-refractivity contribution in [2.75, 3.05) is 0 Å². The third kappa shape index (κ3) is 2.17. The van der Waals surface area contributed by atoms with Crippen LogP contribution in [0.5, 0.6) is 0 Å². The van der Waals surface area contributed by atoms with Crippen LogP contribution in [0, 0.1) is 0 Å². The summed E-state index contributed by atoms with van der Waals surface area (Å²) >= 11 is 12.5. The molecule has 4 aromatic rings. The van der Waals surface area contributed by atoms with Crippen molar-refractivity contribution in [3.8, 4) is 11.4 Å². The molecule has 4 rings (SSSR count). The van der Waals surface area contributed by atoms with Gasteiger partial charge in [-0.15, -0.1) is 0 Å². The Labute approximate surface area is 135 Å². The summed E-state index contributed by atoms with van der Waals surface area (Å²) in [7, 11) is 0. The summed E-state index contributed by atoms with van der Waals surface area (Å²) in [5.74, 6) is 0. The topological polar surface area (TPSA) is 51.6 Å². The number of para-hydroxylation sites is 4. The molecule has 6 heteroatoms. The molecule has 0 radical (unpaired) electrons. The molecule has 106 valence electrons. The van der Waals surface area contributed by atoms with Gasteiger partial charge in [0, 0.05) is 0 Å². The van der Waals surface area contributed by atoms with Crippen LogP contribution >= 0.6 is 23.2 Å². The van der Waals surface area contributed by atoms with Gasteiger partial charge in [0.2, 0.25) is 0 Å². The lowest BCUT2D eigenvalue weighted by molar-refractivity contribution is 1.22. The number of benzene rings is 2. The summed E-state index contributed by atoms with van der Waals surface area (Å²) < 4.78 is 0. The smallest absolute Gasteiger partial charge is 0.157 e. The van der Waals surface area contributed by atoms with Gasteiger partial charge in [-0.2, -0.15) is 0 Å². The minimum absolute atomic E-state index is 0.255. The van der Waals surface area contributed by atoms with Crippen LogP contribution in [-0.2, 0) is 0 Å². The second-order valence-electron chi connectivity index (χ2n) is 4.70. The highest BCUT2D eigenvalue weighted by atomic mass is 35.5. The van der Waals surface area contributed by atoms with Crippen LogP contribution in [0.2, 0.25) is 10.3 Å². The first-order chi connectivity index (χ1) is 10.7. The van der Waals surface area contributed by atoms with E-state index in [1.54, 1.807) is 0 Å². The molecule has 0 atom stereocenters. The number of aromatic nitrogens is 4. The molecule has 4 nitrogen and oxygen atoms in total. The molecular weight excluding hydrogens is 319 g/mol. The van der Waals surface area contributed by atoms with Gasteiger partial charge in [0.25, 0.3) is 0 Å². The van der Waals surface area contributed by atoms with Gasteiger partial charge in [-0.1, -0.05) is 47.5 Å². The van der Waals surface area contributed by atoms with Crippen LogP contribution in [0.1, 0.15) is 0 Å². The summed E-state index contributed by atoms with van der Waals surface area (Å²) in [4.78, 5) is 17.8. The van der Waals surface area contributed by atoms with Gasteiger partial charge < -0.3 is 0 Å². The van der Waals surface area contributed by atoms with E-state index in [0.717, 1.165) is 22.1 Å². The molecule has 0 saturated heterocycles. The zero-order valence-electron chi connectivity index (χ0n) is 11.2. The highest BCUT2D eigenvalue weighted by Crippen LogP contribution is 2.30. The first-order valence-corrected chi connectivity index (χ1v) is 7.33. The van der Waals surface area contributed by atoms with Crippen molar-refractivity contribution >= 4 is 45.3 Å². The van der Waals surface area contributed by atoms with Crippen molar-refractivity contribution in [2.24, 2.45) is 0 Å². The molecule has 0 aliphatic carbocycles. The Bertz CT molecular complexity index is 934. The minimum atomic E-state index is 0.255. The summed E-state index contributed by atoms with van der Waals surface area (Å²) in [6.45, 7) is 0. The van der Waals surface area contributed by atoms with E-state index in [-0.39, 0.29) is 10.3 Å². The van der Waals surface area contributed by atoms with E-state index in [0.29, 0.717) is 11.4 Å². The molecule has 22 heavy (non-hydrogen) atoms. The summed E-state index contributed by atoms with van der Waals surface area (Å²) in [6.07, 6.45) is 0. The van der Waals surface area contributed by atoms with Crippen LogP contribution in [0.15, 0.2) is 48.5 Å². The molecule has 0 amide bonds. The molecular formula is C16H8Cl2N4. The number of rotatable bonds is 1. The summed E-state index contributed by atoms with van der Waals surface area (Å²) in [6, 6.07) is 15.0. The Morgan fingerprint density at radius 3 is 1.18 bits per heavy atom. The largest absolute Gasteiger partial charge is 0.241 e. The number of halogens is 2. The molecule has 0 unspecified atom stereocenters. The maximum Gasteiger partial charge on any atom is 0.157 e. The zero-order valence-corrected chi connectivity index (χ0v) is 12.7. The van der Waals surface area contributed by atoms with Crippen LogP contribution in [0.3, 0.4) is 0 Å². The molecule has 0 bridgehead atoms. The van der Waals surface area contributed by atoms with E-state index in [1.807, 2.05) is 48.5 Å². The Kier molecular flexibility index (Phi) is 3.13. The maximum absolute atomic E-state index is 6.26. The highest BCUT2D eigenvalue weighted by molar-refractivity contribution is 6.35. The molecule has 0 spiro atoms. The molecule has 0 aliphatic heterocycles. The minimum Gasteiger partial charge on any atom is -0.241 e. The van der Waals surface area contributed by atoms with Gasteiger partial charge in [0.15, 0.2) is 10.3 Å². The van der Waals surface area contributed by atoms with E-state index in [4.69, 9.17) is 23.2 Å². The number of hydrogen-bond donors (Lipinski definition) is 0. The maximum atomic E-state index is 6.26. The molecule has 0 saturated carbocycles. The Balaban J connectivity index is 2.02. The van der Waals surface area contributed by atoms with E-state index < -0.39 is 0 Å². The summed E-state index contributed by atoms with van der Waals surface area (Å²) in [5, 5.41) is 0.510. The second-order valence-corrected chi connectivity index (χ2v) is 5.42. The van der Waals surface area contributed by atoms with Gasteiger partial charge in [-0.3, -0.25) is 0 Å². The molecule has 0 fully saturated rings. The number of hydrogen-bond acceptors (Lipinski definition) is 4. The number of fused-ring (bicyclic) bond motifs is 2. The fourth-order valence-electron chi connectivity index (χ4n) is 2.26. The van der Waals surface area contributed by atoms with E-state index in [2.05, 4.69) is 19.9 Å². The standard InChI is InChI=1S/C16H8Cl2N4/c17-15-13(19-9-5-1-3-7-11(9)21-15)14-16(18)22-12-8-4-2-6-10(12)20-14/h1-8H. The van der Waals surface area contributed by atoms with Gasteiger partial charge in [0.05, 0.1) is 22.1 Å². The quantitative estimate of drug-likeness (QED) is 0.515. The second kappa shape index (κ2) is 5.16. The molecule has 2 heterocycles. The first-order valence-electron chi connectivity index (χ1n) is 6.57. The number of nitrogens with zero attached hydrogens (tertiary/aromatic N) is 4. The van der Waals surface area contributed by atoms with Crippen molar-refractivity contribution in [2.45, 2.75) is 0 Å². The van der Waals surface area contributed by atoms with Crippen molar-refractivity contribution < 1.29 is 0 Å². The fourth-order valence-corrected chi connectivity index (χ4v) is 2.70. The average Bonchev–Trinajstić information content (AvgIpc) is 2.54. The fraction of sp³-hybridized carbons (Fsp3) is 0. The molecule has 0 aliphatic rings. The van der Waals surface area contributed by atoms with E-state index in [9.17, 15) is 0 Å². The lowest BCUT2D eigenvalue weighted by Crippen LogP contribution is -1.96. The van der Waals surface area contributed by atoms with Gasteiger partial charge in [0.1, 0.15) is 11.4 Å². The first kappa shape index (κ1) is 13.4. The lowest BCUT2D eigenvalue weighted by Gasteiger charge is -2.07. The van der Waals surface area contributed by atoms with Crippen LogP contribution < -0.4 is 0 Å². The van der Waals surface area contributed by atoms with Crippen molar-refractivity contribution in [3.63, 3.8) is 0 Å². The van der Waals surface area contributed by atoms with Crippen molar-refractivity contribution in [3.05, 3.63) is 58.8 Å². The average molecular weight is 327 g/mol. The van der Waals surface area contributed by atoms with E-state index >= 15 is 0 Å². The Hall–Kier alpha value is -2.30. The SMILES string of the molecule is Clc1nc2ccccc2nc1-c1nc2ccccc2nc1Cl. The van der Waals surface area contributed by atoms with Crippen LogP contribution in [0.25, 0.3) is 33.5 Å². The molecule has 2 aromatic heterocycles. The highest BCUT2D eigenvalue weighted by Gasteiger charge is 2.16. The third-order valence-electron chi connectivity index (χ3n) is 3.28. The Morgan fingerprint density at radius 1 is 0.500 bits per heavy atom. The summed E-state index contributed by atoms with van der Waals surface area (Å²) in [5.41, 5.74) is 3.77. The third-order valence-corrected chi connectivity index (χ3v) is 3.81. The normalized spacial score (nSPS) is 11.2. The van der Waals surface area contributed by atoms with E-state index in [1.165, 1.54) is 0 Å². The monoisotopic (exact) mass is 326 g/mol. The van der Waals surface area contributed by atoms with Crippen LogP contribution in [-0.4, -0.2) is 19.9 Å².